The Kier molecular flexibility index (Phi) is 9.57. The zero-order valence-corrected chi connectivity index (χ0v) is 21.1. The van der Waals surface area contributed by atoms with Crippen molar-refractivity contribution in [2.75, 3.05) is 26.2 Å². The smallest absolute Gasteiger partial charge is 0.227 e. The number of rotatable bonds is 4. The topological polar surface area (TPSA) is 115 Å². The molecule has 9 atom stereocenters. The summed E-state index contributed by atoms with van der Waals surface area (Å²) in [5.41, 5.74) is 13.5. The van der Waals surface area contributed by atoms with E-state index in [1.54, 1.807) is 0 Å². The van der Waals surface area contributed by atoms with Crippen LogP contribution >= 0.6 is 0 Å². The van der Waals surface area contributed by atoms with Crippen LogP contribution in [0.1, 0.15) is 65.2 Å². The molecule has 3 heterocycles. The lowest BCUT2D eigenvalue weighted by Gasteiger charge is -2.43. The lowest BCUT2D eigenvalue weighted by molar-refractivity contribution is -0.128. The quantitative estimate of drug-likeness (QED) is 0.317. The van der Waals surface area contributed by atoms with Crippen LogP contribution in [0.2, 0.25) is 0 Å². The molecule has 0 aromatic rings. The summed E-state index contributed by atoms with van der Waals surface area (Å²) < 4.78 is 14.8. The fourth-order valence-electron chi connectivity index (χ4n) is 6.87. The number of nitrogens with two attached hydrogens (primary N) is 1. The molecule has 0 radical (unpaired) electrons. The number of nitrogens with one attached hydrogen (secondary N) is 6. The van der Waals surface area contributed by atoms with Gasteiger partial charge in [0.25, 0.3) is 0 Å². The first-order chi connectivity index (χ1) is 16.4. The highest BCUT2D eigenvalue weighted by Gasteiger charge is 2.41. The molecule has 4 rings (SSSR count). The molecule has 1 saturated carbocycles. The van der Waals surface area contributed by atoms with E-state index in [1.165, 1.54) is 19.3 Å². The number of halogens is 1. The predicted molar refractivity (Wildman–Crippen MR) is 134 cm³/mol. The Morgan fingerprint density at radius 3 is 2.59 bits per heavy atom. The average molecular weight is 482 g/mol. The van der Waals surface area contributed by atoms with Crippen LogP contribution in [-0.4, -0.2) is 68.6 Å². The van der Waals surface area contributed by atoms with Crippen LogP contribution in [0.3, 0.4) is 0 Å². The normalized spacial score (nSPS) is 43.4. The first kappa shape index (κ1) is 26.2. The molecule has 9 heteroatoms. The number of carbonyl (C=O) groups excluding carboxylic acids is 1. The molecule has 8 N–H and O–H groups in total. The molecule has 0 bridgehead atoms. The first-order valence-electron chi connectivity index (χ1n) is 13.8. The zero-order chi connectivity index (χ0) is 24.1. The second-order valence-corrected chi connectivity index (χ2v) is 11.4. The van der Waals surface area contributed by atoms with Crippen molar-refractivity contribution in [2.45, 2.75) is 102 Å². The molecule has 0 aromatic heterocycles. The molecule has 8 nitrogen and oxygen atoms in total. The van der Waals surface area contributed by atoms with E-state index in [-0.39, 0.29) is 30.6 Å². The lowest BCUT2D eigenvalue weighted by atomic mass is 9.78. The van der Waals surface area contributed by atoms with Gasteiger partial charge in [-0.2, -0.15) is 0 Å². The zero-order valence-electron chi connectivity index (χ0n) is 21.1. The van der Waals surface area contributed by atoms with Gasteiger partial charge in [-0.1, -0.05) is 26.2 Å². The maximum Gasteiger partial charge on any atom is 0.227 e. The SMILES string of the molecule is CC1CCNNC1C1CCNCC1NC(=O)C1C(C)NCC(F)CC(C2CCCCC2)NC1N. The summed E-state index contributed by atoms with van der Waals surface area (Å²) in [4.78, 5) is 13.7. The summed E-state index contributed by atoms with van der Waals surface area (Å²) in [6, 6.07) is 0.174. The first-order valence-corrected chi connectivity index (χ1v) is 13.8. The number of piperidine rings is 1. The van der Waals surface area contributed by atoms with Crippen molar-refractivity contribution in [1.29, 1.82) is 0 Å². The standard InChI is InChI=1S/C25H48FN7O/c1-15-8-11-30-33-23(15)19-9-10-28-14-21(19)32-25(34)22-16(2)29-13-18(26)12-20(31-24(22)27)17-6-4-3-5-7-17/h15-24,28-31,33H,3-14,27H2,1-2H3,(H,32,34). The minimum Gasteiger partial charge on any atom is -0.351 e. The van der Waals surface area contributed by atoms with Crippen molar-refractivity contribution in [3.63, 3.8) is 0 Å². The molecule has 4 fully saturated rings. The second-order valence-electron chi connectivity index (χ2n) is 11.4. The van der Waals surface area contributed by atoms with Crippen molar-refractivity contribution in [3.05, 3.63) is 0 Å². The van der Waals surface area contributed by atoms with E-state index in [0.29, 0.717) is 30.2 Å². The van der Waals surface area contributed by atoms with Gasteiger partial charge in [0, 0.05) is 43.8 Å². The van der Waals surface area contributed by atoms with Crippen LogP contribution in [0.15, 0.2) is 0 Å². The van der Waals surface area contributed by atoms with Gasteiger partial charge < -0.3 is 21.7 Å². The van der Waals surface area contributed by atoms with E-state index < -0.39 is 18.3 Å². The van der Waals surface area contributed by atoms with Crippen LogP contribution in [0.4, 0.5) is 4.39 Å². The molecule has 1 aliphatic carbocycles. The number of amides is 1. The summed E-state index contributed by atoms with van der Waals surface area (Å²) in [6.07, 6.45) is 7.06. The van der Waals surface area contributed by atoms with E-state index in [0.717, 1.165) is 45.3 Å². The number of alkyl halides is 1. The van der Waals surface area contributed by atoms with Gasteiger partial charge in [0.2, 0.25) is 5.91 Å². The van der Waals surface area contributed by atoms with E-state index in [9.17, 15) is 9.18 Å². The molecule has 3 saturated heterocycles. The lowest BCUT2D eigenvalue weighted by Crippen LogP contribution is -2.65. The minimum atomic E-state index is -0.936. The van der Waals surface area contributed by atoms with Crippen molar-refractivity contribution >= 4 is 5.91 Å². The third kappa shape index (κ3) is 6.48. The largest absolute Gasteiger partial charge is 0.351 e. The van der Waals surface area contributed by atoms with Crippen LogP contribution in [0, 0.1) is 23.7 Å². The highest BCUT2D eigenvalue weighted by molar-refractivity contribution is 5.80. The maximum atomic E-state index is 14.8. The third-order valence-corrected chi connectivity index (χ3v) is 8.96. The highest BCUT2D eigenvalue weighted by atomic mass is 19.1. The molecule has 9 unspecified atom stereocenters. The Morgan fingerprint density at radius 1 is 1.03 bits per heavy atom. The van der Waals surface area contributed by atoms with Gasteiger partial charge in [-0.05, 0) is 63.3 Å². The van der Waals surface area contributed by atoms with Gasteiger partial charge in [0.1, 0.15) is 6.17 Å². The van der Waals surface area contributed by atoms with Gasteiger partial charge in [-0.3, -0.25) is 21.0 Å². The Hall–Kier alpha value is -0.840. The molecular weight excluding hydrogens is 433 g/mol. The number of hydrogen-bond acceptors (Lipinski definition) is 7. The van der Waals surface area contributed by atoms with Crippen molar-refractivity contribution in [1.82, 2.24) is 32.1 Å². The van der Waals surface area contributed by atoms with E-state index >= 15 is 0 Å². The molecule has 0 aromatic carbocycles. The number of hydrogen-bond donors (Lipinski definition) is 7. The van der Waals surface area contributed by atoms with Crippen molar-refractivity contribution in [3.8, 4) is 0 Å². The summed E-state index contributed by atoms with van der Waals surface area (Å²) in [7, 11) is 0. The fourth-order valence-corrected chi connectivity index (χ4v) is 6.87. The van der Waals surface area contributed by atoms with Crippen LogP contribution in [0.5, 0.6) is 0 Å². The minimum absolute atomic E-state index is 0.0233. The second kappa shape index (κ2) is 12.4. The molecular formula is C25H48FN7O. The van der Waals surface area contributed by atoms with Gasteiger partial charge >= 0.3 is 0 Å². The Balaban J connectivity index is 1.45. The van der Waals surface area contributed by atoms with Gasteiger partial charge in [0.15, 0.2) is 0 Å². The molecule has 3 aliphatic heterocycles. The molecule has 1 amide bonds. The van der Waals surface area contributed by atoms with Crippen LogP contribution in [0.25, 0.3) is 0 Å². The van der Waals surface area contributed by atoms with Gasteiger partial charge in [0.05, 0.1) is 12.1 Å². The van der Waals surface area contributed by atoms with E-state index in [2.05, 4.69) is 39.0 Å². The predicted octanol–water partition coefficient (Wildman–Crippen LogP) is 0.743. The molecule has 4 aliphatic rings. The Bertz CT molecular complexity index is 649. The average Bonchev–Trinajstić information content (AvgIpc) is 2.88. The summed E-state index contributed by atoms with van der Waals surface area (Å²) in [5, 5.41) is 13.7. The molecule has 196 valence electrons. The number of hydrazine groups is 1. The van der Waals surface area contributed by atoms with Crippen LogP contribution in [-0.2, 0) is 4.79 Å². The Morgan fingerprint density at radius 2 is 1.82 bits per heavy atom. The molecule has 0 spiro atoms. The monoisotopic (exact) mass is 481 g/mol. The van der Waals surface area contributed by atoms with Crippen LogP contribution < -0.4 is 37.9 Å². The van der Waals surface area contributed by atoms with Crippen molar-refractivity contribution in [2.24, 2.45) is 29.4 Å². The third-order valence-electron chi connectivity index (χ3n) is 8.96. The van der Waals surface area contributed by atoms with E-state index in [4.69, 9.17) is 5.73 Å². The summed E-state index contributed by atoms with van der Waals surface area (Å²) in [6.45, 7) is 7.22. The van der Waals surface area contributed by atoms with Gasteiger partial charge in [-0.25, -0.2) is 4.39 Å². The summed E-state index contributed by atoms with van der Waals surface area (Å²) in [5.74, 6) is 0.843. The summed E-state index contributed by atoms with van der Waals surface area (Å²) >= 11 is 0. The maximum absolute atomic E-state index is 14.8. The fraction of sp³-hybridized carbons (Fsp3) is 0.960. The number of carbonyl (C=O) groups is 1. The van der Waals surface area contributed by atoms with Gasteiger partial charge in [-0.15, -0.1) is 0 Å². The van der Waals surface area contributed by atoms with Crippen molar-refractivity contribution < 1.29 is 9.18 Å². The van der Waals surface area contributed by atoms with E-state index in [1.807, 2.05) is 6.92 Å². The Labute approximate surface area is 204 Å². The molecule has 34 heavy (non-hydrogen) atoms. The highest BCUT2D eigenvalue weighted by Crippen LogP contribution is 2.30.